The van der Waals surface area contributed by atoms with Gasteiger partial charge in [-0.15, -0.1) is 0 Å². The summed E-state index contributed by atoms with van der Waals surface area (Å²) in [6.45, 7) is 8.34. The Hall–Kier alpha value is -3.60. The van der Waals surface area contributed by atoms with Gasteiger partial charge in [0.1, 0.15) is 23.9 Å². The summed E-state index contributed by atoms with van der Waals surface area (Å²) in [5, 5.41) is 3.42. The Morgan fingerprint density at radius 1 is 1.00 bits per heavy atom. The molecule has 5 nitrogen and oxygen atoms in total. The van der Waals surface area contributed by atoms with Crippen molar-refractivity contribution >= 4 is 17.1 Å². The van der Waals surface area contributed by atoms with E-state index in [4.69, 9.17) is 14.2 Å². The predicted molar refractivity (Wildman–Crippen MR) is 126 cm³/mol. The zero-order valence-corrected chi connectivity index (χ0v) is 18.3. The summed E-state index contributed by atoms with van der Waals surface area (Å²) in [4.78, 5) is 2.20. The van der Waals surface area contributed by atoms with E-state index in [1.807, 2.05) is 24.3 Å². The van der Waals surface area contributed by atoms with E-state index in [9.17, 15) is 0 Å². The van der Waals surface area contributed by atoms with Gasteiger partial charge in [0.2, 0.25) is 0 Å². The molecule has 31 heavy (non-hydrogen) atoms. The fourth-order valence-corrected chi connectivity index (χ4v) is 3.68. The van der Waals surface area contributed by atoms with Gasteiger partial charge in [-0.05, 0) is 36.8 Å². The Morgan fingerprint density at radius 3 is 2.55 bits per heavy atom. The quantitative estimate of drug-likeness (QED) is 0.566. The molecule has 3 aromatic rings. The molecule has 1 aliphatic heterocycles. The molecule has 0 spiro atoms. The summed E-state index contributed by atoms with van der Waals surface area (Å²) in [5.41, 5.74) is 6.29. The first kappa shape index (κ1) is 20.7. The van der Waals surface area contributed by atoms with Gasteiger partial charge in [-0.2, -0.15) is 0 Å². The van der Waals surface area contributed by atoms with E-state index in [2.05, 4.69) is 60.1 Å². The Kier molecular flexibility index (Phi) is 6.03. The van der Waals surface area contributed by atoms with Crippen molar-refractivity contribution in [3.8, 4) is 17.2 Å². The SMILES string of the molecule is C=C(NCc1ccc(C)cc1)c1ccc2c(c1)OCCN2c1cc(OC)ccc1OC. The Morgan fingerprint density at radius 2 is 1.81 bits per heavy atom. The third-order valence-electron chi connectivity index (χ3n) is 5.47. The minimum atomic E-state index is 0.583. The van der Waals surface area contributed by atoms with Crippen molar-refractivity contribution in [2.45, 2.75) is 13.5 Å². The monoisotopic (exact) mass is 416 g/mol. The molecule has 1 N–H and O–H groups in total. The van der Waals surface area contributed by atoms with Crippen LogP contribution in [0, 0.1) is 6.92 Å². The summed E-state index contributed by atoms with van der Waals surface area (Å²) >= 11 is 0. The average molecular weight is 417 g/mol. The molecule has 0 unspecified atom stereocenters. The minimum absolute atomic E-state index is 0.583. The zero-order valence-electron chi connectivity index (χ0n) is 18.3. The van der Waals surface area contributed by atoms with Gasteiger partial charge in [-0.3, -0.25) is 0 Å². The normalized spacial score (nSPS) is 12.5. The molecule has 4 rings (SSSR count). The van der Waals surface area contributed by atoms with Crippen molar-refractivity contribution < 1.29 is 14.2 Å². The first-order chi connectivity index (χ1) is 15.1. The lowest BCUT2D eigenvalue weighted by Crippen LogP contribution is -2.29. The second-order valence-corrected chi connectivity index (χ2v) is 7.54. The first-order valence-corrected chi connectivity index (χ1v) is 10.3. The molecule has 0 amide bonds. The first-order valence-electron chi connectivity index (χ1n) is 10.3. The highest BCUT2D eigenvalue weighted by atomic mass is 16.5. The van der Waals surface area contributed by atoms with Gasteiger partial charge in [0.05, 0.1) is 32.1 Å². The van der Waals surface area contributed by atoms with Crippen LogP contribution in [0.15, 0.2) is 67.2 Å². The lowest BCUT2D eigenvalue weighted by Gasteiger charge is -2.32. The number of ether oxygens (including phenoxy) is 3. The Balaban J connectivity index is 1.56. The number of benzene rings is 3. The average Bonchev–Trinajstić information content (AvgIpc) is 2.82. The molecule has 0 saturated heterocycles. The van der Waals surface area contributed by atoms with E-state index in [1.165, 1.54) is 11.1 Å². The number of aryl methyl sites for hydroxylation is 1. The summed E-state index contributed by atoms with van der Waals surface area (Å²) in [6.07, 6.45) is 0. The smallest absolute Gasteiger partial charge is 0.143 e. The molecular weight excluding hydrogens is 388 g/mol. The molecule has 0 aromatic heterocycles. The molecule has 1 heterocycles. The molecule has 5 heteroatoms. The summed E-state index contributed by atoms with van der Waals surface area (Å²) in [6, 6.07) is 20.5. The van der Waals surface area contributed by atoms with Gasteiger partial charge in [0, 0.05) is 23.9 Å². The van der Waals surface area contributed by atoms with Gasteiger partial charge in [-0.25, -0.2) is 0 Å². The standard InChI is InChI=1S/C26H28N2O3/c1-18-5-7-20(8-6-18)17-27-19(2)21-9-11-23-26(15-21)31-14-13-28(23)24-16-22(29-3)10-12-25(24)30-4/h5-12,15-16,27H,2,13-14,17H2,1,3-4H3. The highest BCUT2D eigenvalue weighted by molar-refractivity contribution is 5.78. The molecular formula is C26H28N2O3. The maximum Gasteiger partial charge on any atom is 0.143 e. The lowest BCUT2D eigenvalue weighted by atomic mass is 10.1. The van der Waals surface area contributed by atoms with E-state index < -0.39 is 0 Å². The van der Waals surface area contributed by atoms with E-state index >= 15 is 0 Å². The van der Waals surface area contributed by atoms with Gasteiger partial charge in [0.15, 0.2) is 0 Å². The van der Waals surface area contributed by atoms with Crippen LogP contribution in [0.2, 0.25) is 0 Å². The molecule has 0 atom stereocenters. The van der Waals surface area contributed by atoms with Crippen LogP contribution in [0.4, 0.5) is 11.4 Å². The summed E-state index contributed by atoms with van der Waals surface area (Å²) < 4.78 is 17.0. The van der Waals surface area contributed by atoms with Gasteiger partial charge in [-0.1, -0.05) is 42.5 Å². The largest absolute Gasteiger partial charge is 0.497 e. The molecule has 0 saturated carbocycles. The van der Waals surface area contributed by atoms with Crippen LogP contribution in [-0.4, -0.2) is 27.4 Å². The predicted octanol–water partition coefficient (Wildman–Crippen LogP) is 5.30. The van der Waals surface area contributed by atoms with E-state index in [0.29, 0.717) is 6.61 Å². The molecule has 0 bridgehead atoms. The van der Waals surface area contributed by atoms with Crippen molar-refractivity contribution in [3.05, 3.63) is 83.9 Å². The number of fused-ring (bicyclic) bond motifs is 1. The fraction of sp³-hybridized carbons (Fsp3) is 0.231. The van der Waals surface area contributed by atoms with Gasteiger partial charge in [0.25, 0.3) is 0 Å². The van der Waals surface area contributed by atoms with Crippen molar-refractivity contribution in [1.29, 1.82) is 0 Å². The maximum absolute atomic E-state index is 5.99. The Labute approximate surface area is 183 Å². The highest BCUT2D eigenvalue weighted by Crippen LogP contribution is 2.42. The summed E-state index contributed by atoms with van der Waals surface area (Å²) in [5.74, 6) is 2.41. The van der Waals surface area contributed by atoms with Crippen LogP contribution >= 0.6 is 0 Å². The second-order valence-electron chi connectivity index (χ2n) is 7.54. The molecule has 160 valence electrons. The minimum Gasteiger partial charge on any atom is -0.497 e. The van der Waals surface area contributed by atoms with Gasteiger partial charge < -0.3 is 24.4 Å². The molecule has 0 fully saturated rings. The number of hydrogen-bond donors (Lipinski definition) is 1. The second kappa shape index (κ2) is 9.04. The van der Waals surface area contributed by atoms with Crippen molar-refractivity contribution in [2.75, 3.05) is 32.3 Å². The summed E-state index contributed by atoms with van der Waals surface area (Å²) in [7, 11) is 3.35. The van der Waals surface area contributed by atoms with E-state index in [1.54, 1.807) is 14.2 Å². The third kappa shape index (κ3) is 4.45. The highest BCUT2D eigenvalue weighted by Gasteiger charge is 2.23. The van der Waals surface area contributed by atoms with Crippen LogP contribution in [0.1, 0.15) is 16.7 Å². The number of hydrogen-bond acceptors (Lipinski definition) is 5. The molecule has 0 radical (unpaired) electrons. The number of nitrogens with zero attached hydrogens (tertiary/aromatic N) is 1. The Bertz CT molecular complexity index is 1080. The van der Waals surface area contributed by atoms with Gasteiger partial charge >= 0.3 is 0 Å². The van der Waals surface area contributed by atoms with Crippen LogP contribution in [0.25, 0.3) is 5.70 Å². The van der Waals surface area contributed by atoms with Crippen molar-refractivity contribution in [2.24, 2.45) is 0 Å². The van der Waals surface area contributed by atoms with E-state index in [-0.39, 0.29) is 0 Å². The molecule has 0 aliphatic carbocycles. The molecule has 3 aromatic carbocycles. The number of methoxy groups -OCH3 is 2. The van der Waals surface area contributed by atoms with E-state index in [0.717, 1.165) is 53.0 Å². The topological polar surface area (TPSA) is 43.0 Å². The van der Waals surface area contributed by atoms with Crippen LogP contribution in [-0.2, 0) is 6.54 Å². The zero-order chi connectivity index (χ0) is 21.8. The van der Waals surface area contributed by atoms with Crippen molar-refractivity contribution in [3.63, 3.8) is 0 Å². The van der Waals surface area contributed by atoms with Crippen LogP contribution in [0.5, 0.6) is 17.2 Å². The molecule has 1 aliphatic rings. The van der Waals surface area contributed by atoms with Crippen LogP contribution in [0.3, 0.4) is 0 Å². The lowest BCUT2D eigenvalue weighted by molar-refractivity contribution is 0.313. The maximum atomic E-state index is 5.99. The number of anilines is 2. The van der Waals surface area contributed by atoms with Crippen LogP contribution < -0.4 is 24.4 Å². The van der Waals surface area contributed by atoms with Crippen molar-refractivity contribution in [1.82, 2.24) is 5.32 Å². The number of rotatable bonds is 7. The number of nitrogens with one attached hydrogen (secondary N) is 1. The fourth-order valence-electron chi connectivity index (χ4n) is 3.68. The third-order valence-corrected chi connectivity index (χ3v) is 5.47.